The molecule has 0 amide bonds. The van der Waals surface area contributed by atoms with Gasteiger partial charge in [0, 0.05) is 5.56 Å². The Balaban J connectivity index is 2.53. The molecule has 0 bridgehead atoms. The first kappa shape index (κ1) is 17.2. The van der Waals surface area contributed by atoms with Gasteiger partial charge in [-0.2, -0.15) is 0 Å². The number of alkyl halides is 1. The highest BCUT2D eigenvalue weighted by molar-refractivity contribution is 14.1. The van der Waals surface area contributed by atoms with Crippen molar-refractivity contribution in [1.82, 2.24) is 0 Å². The maximum absolute atomic E-state index is 12.9. The second kappa shape index (κ2) is 6.52. The molecule has 1 unspecified atom stereocenters. The molecule has 0 heterocycles. The van der Waals surface area contributed by atoms with Gasteiger partial charge >= 0.3 is 5.97 Å². The van der Waals surface area contributed by atoms with Gasteiger partial charge in [0.2, 0.25) is 0 Å². The number of hydrogen-bond acceptors (Lipinski definition) is 3. The lowest BCUT2D eigenvalue weighted by Gasteiger charge is -2.35. The van der Waals surface area contributed by atoms with E-state index >= 15 is 0 Å². The molecule has 2 rings (SSSR count). The number of rotatable bonds is 4. The van der Waals surface area contributed by atoms with Crippen molar-refractivity contribution in [1.29, 1.82) is 0 Å². The van der Waals surface area contributed by atoms with Crippen LogP contribution in [0.25, 0.3) is 0 Å². The molecule has 1 aliphatic carbocycles. The van der Waals surface area contributed by atoms with Crippen LogP contribution < -0.4 is 0 Å². The lowest BCUT2D eigenvalue weighted by molar-refractivity contribution is -0.160. The standard InChI is InChI=1S/C18H21IO3/c1-17(2,3)22-16(21)18(10-6-12-19)11-9-15(20)13-7-4-5-8-14(13)18/h4-5,7-9,11H,6,10,12H2,1-3H3. The Morgan fingerprint density at radius 3 is 2.59 bits per heavy atom. The van der Waals surface area contributed by atoms with Crippen molar-refractivity contribution in [3.05, 3.63) is 47.5 Å². The summed E-state index contributed by atoms with van der Waals surface area (Å²) in [5.41, 5.74) is -0.0485. The highest BCUT2D eigenvalue weighted by atomic mass is 127. The maximum Gasteiger partial charge on any atom is 0.321 e. The van der Waals surface area contributed by atoms with E-state index in [9.17, 15) is 9.59 Å². The van der Waals surface area contributed by atoms with Crippen LogP contribution in [-0.4, -0.2) is 21.8 Å². The third-order valence-electron chi connectivity index (χ3n) is 3.66. The molecule has 22 heavy (non-hydrogen) atoms. The zero-order valence-corrected chi connectivity index (χ0v) is 15.3. The van der Waals surface area contributed by atoms with Crippen molar-refractivity contribution < 1.29 is 14.3 Å². The number of carbonyl (C=O) groups excluding carboxylic acids is 2. The van der Waals surface area contributed by atoms with Gasteiger partial charge in [-0.25, -0.2) is 0 Å². The van der Waals surface area contributed by atoms with E-state index in [2.05, 4.69) is 22.6 Å². The van der Waals surface area contributed by atoms with E-state index in [0.717, 1.165) is 16.4 Å². The van der Waals surface area contributed by atoms with E-state index in [4.69, 9.17) is 4.74 Å². The summed E-state index contributed by atoms with van der Waals surface area (Å²) in [5, 5.41) is 0. The summed E-state index contributed by atoms with van der Waals surface area (Å²) >= 11 is 2.30. The number of halogens is 1. The van der Waals surface area contributed by atoms with Gasteiger partial charge in [0.05, 0.1) is 0 Å². The number of hydrogen-bond donors (Lipinski definition) is 0. The number of carbonyl (C=O) groups is 2. The minimum Gasteiger partial charge on any atom is -0.459 e. The number of allylic oxidation sites excluding steroid dienone is 1. The molecule has 1 atom stereocenters. The quantitative estimate of drug-likeness (QED) is 0.422. The van der Waals surface area contributed by atoms with E-state index in [1.165, 1.54) is 6.08 Å². The molecule has 4 heteroatoms. The summed E-state index contributed by atoms with van der Waals surface area (Å²) in [4.78, 5) is 25.0. The first-order valence-corrected chi connectivity index (χ1v) is 8.95. The van der Waals surface area contributed by atoms with Crippen LogP contribution in [0.15, 0.2) is 36.4 Å². The molecule has 1 aliphatic rings. The molecule has 0 spiro atoms. The number of ether oxygens (including phenoxy) is 1. The average molecular weight is 412 g/mol. The van der Waals surface area contributed by atoms with Gasteiger partial charge in [0.1, 0.15) is 11.0 Å². The summed E-state index contributed by atoms with van der Waals surface area (Å²) in [6, 6.07) is 7.35. The van der Waals surface area contributed by atoms with Gasteiger partial charge in [0.25, 0.3) is 0 Å². The third kappa shape index (κ3) is 3.42. The molecule has 0 saturated carbocycles. The van der Waals surface area contributed by atoms with Gasteiger partial charge < -0.3 is 4.74 Å². The number of ketones is 1. The molecule has 0 saturated heterocycles. The highest BCUT2D eigenvalue weighted by Crippen LogP contribution is 2.39. The lowest BCUT2D eigenvalue weighted by atomic mass is 9.71. The van der Waals surface area contributed by atoms with Crippen molar-refractivity contribution in [2.75, 3.05) is 4.43 Å². The Kier molecular flexibility index (Phi) is 5.10. The molecular weight excluding hydrogens is 391 g/mol. The van der Waals surface area contributed by atoms with Crippen LogP contribution in [0, 0.1) is 0 Å². The normalized spacial score (nSPS) is 20.6. The zero-order valence-electron chi connectivity index (χ0n) is 13.2. The summed E-state index contributed by atoms with van der Waals surface area (Å²) < 4.78 is 6.62. The van der Waals surface area contributed by atoms with Crippen molar-refractivity contribution >= 4 is 34.3 Å². The molecule has 0 radical (unpaired) electrons. The molecule has 1 aromatic rings. The van der Waals surface area contributed by atoms with E-state index < -0.39 is 11.0 Å². The molecular formula is C18H21IO3. The Labute approximate surface area is 145 Å². The van der Waals surface area contributed by atoms with E-state index in [1.807, 2.05) is 39.0 Å². The van der Waals surface area contributed by atoms with Crippen LogP contribution in [0.4, 0.5) is 0 Å². The summed E-state index contributed by atoms with van der Waals surface area (Å²) in [6.45, 7) is 5.58. The minimum absolute atomic E-state index is 0.0516. The van der Waals surface area contributed by atoms with Crippen molar-refractivity contribution in [3.63, 3.8) is 0 Å². The van der Waals surface area contributed by atoms with E-state index in [0.29, 0.717) is 12.0 Å². The van der Waals surface area contributed by atoms with Crippen molar-refractivity contribution in [3.8, 4) is 0 Å². The first-order chi connectivity index (χ1) is 10.3. The molecule has 0 aliphatic heterocycles. The van der Waals surface area contributed by atoms with E-state index in [1.54, 1.807) is 12.1 Å². The van der Waals surface area contributed by atoms with Crippen LogP contribution in [0.2, 0.25) is 0 Å². The van der Waals surface area contributed by atoms with Gasteiger partial charge in [-0.15, -0.1) is 0 Å². The second-order valence-electron chi connectivity index (χ2n) is 6.51. The summed E-state index contributed by atoms with van der Waals surface area (Å²) in [5.74, 6) is -0.328. The molecule has 118 valence electrons. The molecule has 1 aromatic carbocycles. The van der Waals surface area contributed by atoms with Gasteiger partial charge in [0.15, 0.2) is 5.78 Å². The average Bonchev–Trinajstić information content (AvgIpc) is 2.45. The number of esters is 1. The monoisotopic (exact) mass is 412 g/mol. The van der Waals surface area contributed by atoms with Crippen LogP contribution in [0.3, 0.4) is 0 Å². The molecule has 0 fully saturated rings. The van der Waals surface area contributed by atoms with Gasteiger partial charge in [-0.1, -0.05) is 52.9 Å². The predicted molar refractivity (Wildman–Crippen MR) is 95.6 cm³/mol. The SMILES string of the molecule is CC(C)(C)OC(=O)C1(CCCI)C=CC(=O)c2ccccc21. The smallest absolute Gasteiger partial charge is 0.321 e. The fraction of sp³-hybridized carbons (Fsp3) is 0.444. The molecule has 0 aromatic heterocycles. The zero-order chi connectivity index (χ0) is 16.4. The molecule has 3 nitrogen and oxygen atoms in total. The van der Waals surface area contributed by atoms with Crippen LogP contribution in [-0.2, 0) is 14.9 Å². The van der Waals surface area contributed by atoms with Gasteiger partial charge in [-0.05, 0) is 49.7 Å². The van der Waals surface area contributed by atoms with Crippen LogP contribution >= 0.6 is 22.6 Å². The Hall–Kier alpha value is -1.17. The lowest BCUT2D eigenvalue weighted by Crippen LogP contribution is -2.42. The van der Waals surface area contributed by atoms with Crippen LogP contribution in [0.1, 0.15) is 49.5 Å². The maximum atomic E-state index is 12.9. The fourth-order valence-electron chi connectivity index (χ4n) is 2.70. The van der Waals surface area contributed by atoms with Gasteiger partial charge in [-0.3, -0.25) is 9.59 Å². The Bertz CT molecular complexity index is 613. The highest BCUT2D eigenvalue weighted by Gasteiger charge is 2.44. The topological polar surface area (TPSA) is 43.4 Å². The fourth-order valence-corrected chi connectivity index (χ4v) is 3.08. The largest absolute Gasteiger partial charge is 0.459 e. The number of benzene rings is 1. The predicted octanol–water partition coefficient (Wildman–Crippen LogP) is 4.23. The van der Waals surface area contributed by atoms with Crippen molar-refractivity contribution in [2.45, 2.75) is 44.6 Å². The summed E-state index contributed by atoms with van der Waals surface area (Å²) in [7, 11) is 0. The Morgan fingerprint density at radius 1 is 1.27 bits per heavy atom. The third-order valence-corrected chi connectivity index (χ3v) is 4.42. The summed E-state index contributed by atoms with van der Waals surface area (Å²) in [6.07, 6.45) is 4.77. The molecule has 0 N–H and O–H groups in total. The number of fused-ring (bicyclic) bond motifs is 1. The van der Waals surface area contributed by atoms with Crippen molar-refractivity contribution in [2.24, 2.45) is 0 Å². The minimum atomic E-state index is -0.858. The van der Waals surface area contributed by atoms with E-state index in [-0.39, 0.29) is 11.8 Å². The Morgan fingerprint density at radius 2 is 1.95 bits per heavy atom. The second-order valence-corrected chi connectivity index (χ2v) is 7.59. The van der Waals surface area contributed by atoms with Crippen LogP contribution in [0.5, 0.6) is 0 Å². The first-order valence-electron chi connectivity index (χ1n) is 7.43.